The van der Waals surface area contributed by atoms with Gasteiger partial charge in [-0.05, 0) is 42.3 Å². The molecule has 128 valence electrons. The molecule has 0 aromatic heterocycles. The van der Waals surface area contributed by atoms with Gasteiger partial charge >= 0.3 is 0 Å². The number of amides is 1. The van der Waals surface area contributed by atoms with Crippen LogP contribution in [0.1, 0.15) is 35.3 Å². The number of hydrogen-bond donors (Lipinski definition) is 1. The van der Waals surface area contributed by atoms with Crippen molar-refractivity contribution < 1.29 is 17.9 Å². The van der Waals surface area contributed by atoms with E-state index in [1.165, 1.54) is 6.26 Å². The van der Waals surface area contributed by atoms with Crippen molar-refractivity contribution >= 4 is 15.7 Å². The van der Waals surface area contributed by atoms with E-state index in [4.69, 9.17) is 4.74 Å². The lowest BCUT2D eigenvalue weighted by Gasteiger charge is -2.18. The van der Waals surface area contributed by atoms with Crippen molar-refractivity contribution in [2.75, 3.05) is 13.4 Å². The monoisotopic (exact) mass is 347 g/mol. The predicted molar refractivity (Wildman–Crippen MR) is 93.0 cm³/mol. The van der Waals surface area contributed by atoms with Crippen molar-refractivity contribution in [3.63, 3.8) is 0 Å². The van der Waals surface area contributed by atoms with E-state index in [0.717, 1.165) is 5.56 Å². The van der Waals surface area contributed by atoms with Crippen molar-refractivity contribution in [1.82, 2.24) is 5.32 Å². The second-order valence-electron chi connectivity index (χ2n) is 5.51. The first-order chi connectivity index (χ1) is 11.3. The largest absolute Gasteiger partial charge is 0.497 e. The van der Waals surface area contributed by atoms with Gasteiger partial charge in [-0.15, -0.1) is 0 Å². The molecular weight excluding hydrogens is 326 g/mol. The van der Waals surface area contributed by atoms with Gasteiger partial charge in [-0.2, -0.15) is 0 Å². The van der Waals surface area contributed by atoms with Crippen LogP contribution in [0.25, 0.3) is 0 Å². The van der Waals surface area contributed by atoms with Crippen molar-refractivity contribution in [3.05, 3.63) is 59.7 Å². The Bertz CT molecular complexity index is 813. The van der Waals surface area contributed by atoms with Gasteiger partial charge in [0.25, 0.3) is 5.91 Å². The molecule has 0 radical (unpaired) electrons. The van der Waals surface area contributed by atoms with Crippen LogP contribution in [0.3, 0.4) is 0 Å². The lowest BCUT2D eigenvalue weighted by Crippen LogP contribution is -2.28. The van der Waals surface area contributed by atoms with Crippen LogP contribution in [0.4, 0.5) is 0 Å². The molecule has 2 rings (SSSR count). The van der Waals surface area contributed by atoms with Crippen LogP contribution in [0, 0.1) is 0 Å². The number of carbonyl (C=O) groups excluding carboxylic acids is 1. The molecule has 1 atom stereocenters. The standard InChI is InChI=1S/C18H21NO4S/c1-4-17(13-8-10-16(11-9-13)24(3,21)22)19-18(20)14-6-5-7-15(12-14)23-2/h5-12,17H,4H2,1-3H3,(H,19,20)/t17-/m1/s1. The Morgan fingerprint density at radius 2 is 1.83 bits per heavy atom. The van der Waals surface area contributed by atoms with Crippen LogP contribution in [0.2, 0.25) is 0 Å². The topological polar surface area (TPSA) is 72.5 Å². The van der Waals surface area contributed by atoms with Crippen molar-refractivity contribution in [2.24, 2.45) is 0 Å². The molecule has 0 aliphatic heterocycles. The summed E-state index contributed by atoms with van der Waals surface area (Å²) in [5.74, 6) is 0.418. The summed E-state index contributed by atoms with van der Waals surface area (Å²) >= 11 is 0. The number of sulfone groups is 1. The second-order valence-corrected chi connectivity index (χ2v) is 7.52. The minimum absolute atomic E-state index is 0.197. The zero-order valence-corrected chi connectivity index (χ0v) is 14.8. The Labute approximate surface area is 142 Å². The lowest BCUT2D eigenvalue weighted by atomic mass is 10.0. The molecule has 2 aromatic rings. The quantitative estimate of drug-likeness (QED) is 0.872. The summed E-state index contributed by atoms with van der Waals surface area (Å²) in [6.07, 6.45) is 1.86. The number of benzene rings is 2. The van der Waals surface area contributed by atoms with E-state index >= 15 is 0 Å². The van der Waals surface area contributed by atoms with E-state index in [9.17, 15) is 13.2 Å². The van der Waals surface area contributed by atoms with Gasteiger partial charge in [-0.3, -0.25) is 4.79 Å². The SMILES string of the molecule is CC[C@@H](NC(=O)c1cccc(OC)c1)c1ccc(S(C)(=O)=O)cc1. The molecule has 24 heavy (non-hydrogen) atoms. The molecule has 0 aliphatic carbocycles. The fourth-order valence-electron chi connectivity index (χ4n) is 2.37. The van der Waals surface area contributed by atoms with Gasteiger partial charge in [-0.25, -0.2) is 8.42 Å². The normalized spacial score (nSPS) is 12.5. The van der Waals surface area contributed by atoms with Crippen LogP contribution in [0.5, 0.6) is 5.75 Å². The Morgan fingerprint density at radius 3 is 2.38 bits per heavy atom. The summed E-state index contributed by atoms with van der Waals surface area (Å²) in [4.78, 5) is 12.7. The van der Waals surface area contributed by atoms with E-state index in [1.54, 1.807) is 55.6 Å². The fraction of sp³-hybridized carbons (Fsp3) is 0.278. The first-order valence-electron chi connectivity index (χ1n) is 7.60. The third-order valence-electron chi connectivity index (χ3n) is 3.76. The first kappa shape index (κ1) is 18.0. The van der Waals surface area contributed by atoms with Gasteiger partial charge in [0, 0.05) is 11.8 Å². The smallest absolute Gasteiger partial charge is 0.251 e. The number of hydrogen-bond acceptors (Lipinski definition) is 4. The number of methoxy groups -OCH3 is 1. The molecule has 0 saturated heterocycles. The van der Waals surface area contributed by atoms with Crippen LogP contribution in [0.15, 0.2) is 53.4 Å². The molecule has 0 fully saturated rings. The average Bonchev–Trinajstić information content (AvgIpc) is 2.59. The molecule has 0 unspecified atom stereocenters. The van der Waals surface area contributed by atoms with Crippen LogP contribution >= 0.6 is 0 Å². The van der Waals surface area contributed by atoms with Gasteiger partial charge in [0.15, 0.2) is 9.84 Å². The minimum Gasteiger partial charge on any atom is -0.497 e. The molecule has 0 bridgehead atoms. The van der Waals surface area contributed by atoms with E-state index < -0.39 is 9.84 Å². The van der Waals surface area contributed by atoms with Gasteiger partial charge in [0.1, 0.15) is 5.75 Å². The summed E-state index contributed by atoms with van der Waals surface area (Å²) in [7, 11) is -1.68. The molecule has 2 aromatic carbocycles. The summed E-state index contributed by atoms with van der Waals surface area (Å²) < 4.78 is 28.2. The number of carbonyl (C=O) groups is 1. The van der Waals surface area contributed by atoms with Crippen LogP contribution < -0.4 is 10.1 Å². The van der Waals surface area contributed by atoms with Gasteiger partial charge in [0.2, 0.25) is 0 Å². The van der Waals surface area contributed by atoms with Crippen LogP contribution in [-0.2, 0) is 9.84 Å². The maximum absolute atomic E-state index is 12.4. The summed E-state index contributed by atoms with van der Waals surface area (Å²) in [6.45, 7) is 1.96. The number of rotatable bonds is 6. The van der Waals surface area contributed by atoms with Crippen molar-refractivity contribution in [3.8, 4) is 5.75 Å². The highest BCUT2D eigenvalue weighted by molar-refractivity contribution is 7.90. The van der Waals surface area contributed by atoms with Crippen molar-refractivity contribution in [2.45, 2.75) is 24.3 Å². The second kappa shape index (κ2) is 7.49. The molecule has 0 saturated carbocycles. The third kappa shape index (κ3) is 4.35. The Balaban J connectivity index is 2.18. The van der Waals surface area contributed by atoms with E-state index in [1.807, 2.05) is 6.92 Å². The van der Waals surface area contributed by atoms with Gasteiger partial charge < -0.3 is 10.1 Å². The zero-order chi connectivity index (χ0) is 17.7. The maximum Gasteiger partial charge on any atom is 0.251 e. The van der Waals surface area contributed by atoms with Gasteiger partial charge in [-0.1, -0.05) is 25.1 Å². The molecular formula is C18H21NO4S. The third-order valence-corrected chi connectivity index (χ3v) is 4.88. The van der Waals surface area contributed by atoms with E-state index in [-0.39, 0.29) is 16.8 Å². The Morgan fingerprint density at radius 1 is 1.17 bits per heavy atom. The Kier molecular flexibility index (Phi) is 5.62. The van der Waals surface area contributed by atoms with Crippen LogP contribution in [-0.4, -0.2) is 27.7 Å². The molecule has 1 N–H and O–H groups in total. The first-order valence-corrected chi connectivity index (χ1v) is 9.49. The molecule has 1 amide bonds. The highest BCUT2D eigenvalue weighted by Crippen LogP contribution is 2.20. The average molecular weight is 347 g/mol. The highest BCUT2D eigenvalue weighted by Gasteiger charge is 2.15. The molecule has 0 heterocycles. The zero-order valence-electron chi connectivity index (χ0n) is 13.9. The summed E-state index contributed by atoms with van der Waals surface area (Å²) in [5.41, 5.74) is 1.38. The molecule has 0 aliphatic rings. The predicted octanol–water partition coefficient (Wildman–Crippen LogP) is 2.98. The maximum atomic E-state index is 12.4. The van der Waals surface area contributed by atoms with E-state index in [2.05, 4.69) is 5.32 Å². The van der Waals surface area contributed by atoms with Crippen molar-refractivity contribution in [1.29, 1.82) is 0 Å². The van der Waals surface area contributed by atoms with Gasteiger partial charge in [0.05, 0.1) is 18.0 Å². The summed E-state index contributed by atoms with van der Waals surface area (Å²) in [6, 6.07) is 13.3. The Hall–Kier alpha value is -2.34. The van der Waals surface area contributed by atoms with E-state index in [0.29, 0.717) is 17.7 Å². The number of nitrogens with one attached hydrogen (secondary N) is 1. The lowest BCUT2D eigenvalue weighted by molar-refractivity contribution is 0.0935. The molecule has 5 nitrogen and oxygen atoms in total. The minimum atomic E-state index is -3.23. The fourth-order valence-corrected chi connectivity index (χ4v) is 3.00. The molecule has 0 spiro atoms. The number of ether oxygens (including phenoxy) is 1. The highest BCUT2D eigenvalue weighted by atomic mass is 32.2. The molecule has 6 heteroatoms. The summed E-state index contributed by atoms with van der Waals surface area (Å²) in [5, 5.41) is 2.96.